The molecule has 0 heterocycles. The summed E-state index contributed by atoms with van der Waals surface area (Å²) >= 11 is 5.90. The summed E-state index contributed by atoms with van der Waals surface area (Å²) in [5, 5.41) is 2.92. The summed E-state index contributed by atoms with van der Waals surface area (Å²) in [5.74, 6) is -1.27. The molecule has 0 radical (unpaired) electrons. The van der Waals surface area contributed by atoms with E-state index in [1.165, 1.54) is 42.3 Å². The Kier molecular flexibility index (Phi) is 6.31. The van der Waals surface area contributed by atoms with E-state index in [2.05, 4.69) is 5.32 Å². The van der Waals surface area contributed by atoms with Crippen molar-refractivity contribution in [1.29, 1.82) is 0 Å². The molecule has 0 aliphatic heterocycles. The average molecular weight is 361 g/mol. The Labute approximate surface area is 150 Å². The largest absolute Gasteiger partial charge is 0.333 e. The fourth-order valence-electron chi connectivity index (χ4n) is 2.08. The van der Waals surface area contributed by atoms with Crippen LogP contribution in [0.25, 0.3) is 6.08 Å². The molecule has 2 amide bonds. The molecule has 0 unspecified atom stereocenters. The lowest BCUT2D eigenvalue weighted by molar-refractivity contribution is -0.129. The highest BCUT2D eigenvalue weighted by Gasteiger charge is 2.11. The van der Waals surface area contributed by atoms with Crippen LogP contribution in [0, 0.1) is 12.7 Å². The standard InChI is InChI=1S/C19H18ClFN2O2/c1-13-6-8-14(9-7-13)22-18(24)12-23(2)19(25)11-10-15-16(20)4-3-5-17(15)21/h3-11H,12H2,1-2H3,(H,22,24)/b11-10+. The van der Waals surface area contributed by atoms with Crippen LogP contribution in [-0.4, -0.2) is 30.3 Å². The summed E-state index contributed by atoms with van der Waals surface area (Å²) in [5.41, 5.74) is 1.88. The molecule has 0 atom stereocenters. The lowest BCUT2D eigenvalue weighted by Gasteiger charge is -2.15. The third-order valence-electron chi connectivity index (χ3n) is 3.48. The van der Waals surface area contributed by atoms with Crippen LogP contribution in [0.2, 0.25) is 5.02 Å². The molecule has 0 aliphatic rings. The van der Waals surface area contributed by atoms with E-state index in [-0.39, 0.29) is 23.0 Å². The van der Waals surface area contributed by atoms with Crippen LogP contribution >= 0.6 is 11.6 Å². The van der Waals surface area contributed by atoms with Crippen molar-refractivity contribution in [2.24, 2.45) is 0 Å². The number of carbonyl (C=O) groups excluding carboxylic acids is 2. The van der Waals surface area contributed by atoms with Gasteiger partial charge < -0.3 is 10.2 Å². The van der Waals surface area contributed by atoms with E-state index in [9.17, 15) is 14.0 Å². The van der Waals surface area contributed by atoms with Gasteiger partial charge >= 0.3 is 0 Å². The van der Waals surface area contributed by atoms with E-state index >= 15 is 0 Å². The maximum atomic E-state index is 13.7. The van der Waals surface area contributed by atoms with Crippen LogP contribution in [0.3, 0.4) is 0 Å². The maximum absolute atomic E-state index is 13.7. The van der Waals surface area contributed by atoms with E-state index in [0.29, 0.717) is 5.69 Å². The molecule has 6 heteroatoms. The van der Waals surface area contributed by atoms with E-state index < -0.39 is 11.7 Å². The van der Waals surface area contributed by atoms with E-state index in [0.717, 1.165) is 5.56 Å². The Bertz CT molecular complexity index is 783. The van der Waals surface area contributed by atoms with Crippen molar-refractivity contribution in [3.63, 3.8) is 0 Å². The van der Waals surface area contributed by atoms with Crippen LogP contribution in [0.5, 0.6) is 0 Å². The Morgan fingerprint density at radius 3 is 2.52 bits per heavy atom. The van der Waals surface area contributed by atoms with Crippen LogP contribution in [0.15, 0.2) is 48.5 Å². The molecule has 4 nitrogen and oxygen atoms in total. The van der Waals surface area contributed by atoms with Gasteiger partial charge in [0, 0.05) is 24.4 Å². The third kappa shape index (κ3) is 5.43. The molecule has 0 bridgehead atoms. The summed E-state index contributed by atoms with van der Waals surface area (Å²) in [6, 6.07) is 11.6. The van der Waals surface area contributed by atoms with Gasteiger partial charge in [0.1, 0.15) is 5.82 Å². The minimum Gasteiger partial charge on any atom is -0.333 e. The zero-order valence-corrected chi connectivity index (χ0v) is 14.7. The van der Waals surface area contributed by atoms with Gasteiger partial charge in [0.05, 0.1) is 11.6 Å². The summed E-state index contributed by atoms with van der Waals surface area (Å²) in [6.07, 6.45) is 2.48. The van der Waals surface area contributed by atoms with Crippen molar-refractivity contribution in [1.82, 2.24) is 4.90 Å². The van der Waals surface area contributed by atoms with Crippen molar-refractivity contribution in [2.45, 2.75) is 6.92 Å². The second kappa shape index (κ2) is 8.44. The highest BCUT2D eigenvalue weighted by molar-refractivity contribution is 6.32. The maximum Gasteiger partial charge on any atom is 0.246 e. The SMILES string of the molecule is Cc1ccc(NC(=O)CN(C)C(=O)/C=C/c2c(F)cccc2Cl)cc1. The molecule has 25 heavy (non-hydrogen) atoms. The fourth-order valence-corrected chi connectivity index (χ4v) is 2.31. The van der Waals surface area contributed by atoms with E-state index in [1.807, 2.05) is 19.1 Å². The highest BCUT2D eigenvalue weighted by Crippen LogP contribution is 2.20. The fraction of sp³-hybridized carbons (Fsp3) is 0.158. The second-order valence-corrected chi connectivity index (χ2v) is 5.98. The minimum absolute atomic E-state index is 0.123. The normalized spacial score (nSPS) is 10.7. The number of benzene rings is 2. The number of amides is 2. The first kappa shape index (κ1) is 18.7. The lowest BCUT2D eigenvalue weighted by atomic mass is 10.2. The molecule has 0 spiro atoms. The first-order valence-electron chi connectivity index (χ1n) is 7.60. The van der Waals surface area contributed by atoms with Crippen molar-refractivity contribution in [3.05, 3.63) is 70.5 Å². The summed E-state index contributed by atoms with van der Waals surface area (Å²) in [4.78, 5) is 25.3. The third-order valence-corrected chi connectivity index (χ3v) is 3.81. The summed E-state index contributed by atoms with van der Waals surface area (Å²) < 4.78 is 13.7. The van der Waals surface area contributed by atoms with Crippen LogP contribution in [0.4, 0.5) is 10.1 Å². The van der Waals surface area contributed by atoms with Gasteiger partial charge in [0.25, 0.3) is 0 Å². The molecule has 0 saturated carbocycles. The zero-order valence-electron chi connectivity index (χ0n) is 13.9. The van der Waals surface area contributed by atoms with Gasteiger partial charge in [-0.1, -0.05) is 35.4 Å². The smallest absolute Gasteiger partial charge is 0.246 e. The molecule has 2 aromatic rings. The number of hydrogen-bond acceptors (Lipinski definition) is 2. The summed E-state index contributed by atoms with van der Waals surface area (Å²) in [7, 11) is 1.49. The van der Waals surface area contributed by atoms with Crippen molar-refractivity contribution in [3.8, 4) is 0 Å². The van der Waals surface area contributed by atoms with Crippen LogP contribution in [0.1, 0.15) is 11.1 Å². The number of likely N-dealkylation sites (N-methyl/N-ethyl adjacent to an activating group) is 1. The molecule has 0 aromatic heterocycles. The number of rotatable bonds is 5. The predicted octanol–water partition coefficient (Wildman–Crippen LogP) is 3.90. The van der Waals surface area contributed by atoms with Crippen LogP contribution < -0.4 is 5.32 Å². The number of hydrogen-bond donors (Lipinski definition) is 1. The number of aryl methyl sites for hydroxylation is 1. The van der Waals surface area contributed by atoms with Gasteiger partial charge in [0.15, 0.2) is 0 Å². The Hall–Kier alpha value is -2.66. The first-order valence-corrected chi connectivity index (χ1v) is 7.98. The molecule has 0 fully saturated rings. The van der Waals surface area contributed by atoms with Crippen molar-refractivity contribution < 1.29 is 14.0 Å². The number of halogens is 2. The predicted molar refractivity (Wildman–Crippen MR) is 97.9 cm³/mol. The monoisotopic (exact) mass is 360 g/mol. The summed E-state index contributed by atoms with van der Waals surface area (Å²) in [6.45, 7) is 1.83. The van der Waals surface area contributed by atoms with Gasteiger partial charge in [0.2, 0.25) is 11.8 Å². The van der Waals surface area contributed by atoms with Gasteiger partial charge in [-0.25, -0.2) is 4.39 Å². The molecule has 0 aliphatic carbocycles. The van der Waals surface area contributed by atoms with Gasteiger partial charge in [-0.2, -0.15) is 0 Å². The number of carbonyl (C=O) groups is 2. The molecule has 1 N–H and O–H groups in total. The molecule has 130 valence electrons. The van der Waals surface area contributed by atoms with Crippen LogP contribution in [-0.2, 0) is 9.59 Å². The lowest BCUT2D eigenvalue weighted by Crippen LogP contribution is -2.33. The van der Waals surface area contributed by atoms with Gasteiger partial charge in [-0.05, 0) is 37.3 Å². The Balaban J connectivity index is 1.94. The Morgan fingerprint density at radius 2 is 1.88 bits per heavy atom. The molecular formula is C19H18ClFN2O2. The van der Waals surface area contributed by atoms with Gasteiger partial charge in [-0.15, -0.1) is 0 Å². The minimum atomic E-state index is -0.517. The quantitative estimate of drug-likeness (QED) is 0.822. The zero-order chi connectivity index (χ0) is 18.4. The average Bonchev–Trinajstić information content (AvgIpc) is 2.56. The van der Waals surface area contributed by atoms with Gasteiger partial charge in [-0.3, -0.25) is 9.59 Å². The Morgan fingerprint density at radius 1 is 1.20 bits per heavy atom. The van der Waals surface area contributed by atoms with Crippen molar-refractivity contribution in [2.75, 3.05) is 18.9 Å². The number of nitrogens with zero attached hydrogens (tertiary/aromatic N) is 1. The first-order chi connectivity index (χ1) is 11.9. The second-order valence-electron chi connectivity index (χ2n) is 5.58. The van der Waals surface area contributed by atoms with E-state index in [1.54, 1.807) is 12.1 Å². The van der Waals surface area contributed by atoms with E-state index in [4.69, 9.17) is 11.6 Å². The number of anilines is 1. The molecular weight excluding hydrogens is 343 g/mol. The highest BCUT2D eigenvalue weighted by atomic mass is 35.5. The number of nitrogens with one attached hydrogen (secondary N) is 1. The molecule has 2 aromatic carbocycles. The topological polar surface area (TPSA) is 49.4 Å². The molecule has 2 rings (SSSR count). The van der Waals surface area contributed by atoms with Crippen molar-refractivity contribution >= 4 is 35.2 Å². The molecule has 0 saturated heterocycles.